The van der Waals surface area contributed by atoms with E-state index in [2.05, 4.69) is 180 Å². The zero-order valence-electron chi connectivity index (χ0n) is 52.8. The van der Waals surface area contributed by atoms with Crippen LogP contribution in [0.1, 0.15) is 69.5 Å². The molecule has 0 aliphatic carbocycles. The number of alkyl halides is 1. The Kier molecular flexibility index (Phi) is 24.7. The maximum absolute atomic E-state index is 5.83. The van der Waals surface area contributed by atoms with Crippen LogP contribution in [0.2, 0.25) is 0 Å². The van der Waals surface area contributed by atoms with Gasteiger partial charge in [-0.05, 0) is 196 Å². The number of aryl methyl sites for hydroxylation is 10. The highest BCUT2D eigenvalue weighted by molar-refractivity contribution is 7.97. The van der Waals surface area contributed by atoms with E-state index in [1.54, 1.807) is 98.4 Å². The molecule has 0 amide bonds. The molecule has 0 unspecified atom stereocenters. The van der Waals surface area contributed by atoms with Gasteiger partial charge < -0.3 is 8.83 Å². The lowest BCUT2D eigenvalue weighted by Gasteiger charge is -1.96. The van der Waals surface area contributed by atoms with Crippen molar-refractivity contribution in [2.45, 2.75) is 83.1 Å². The summed E-state index contributed by atoms with van der Waals surface area (Å²) in [4.78, 5) is 34.1. The fourth-order valence-corrected chi connectivity index (χ4v) is 14.7. The van der Waals surface area contributed by atoms with E-state index >= 15 is 0 Å². The summed E-state index contributed by atoms with van der Waals surface area (Å²) >= 11 is 17.0. The maximum Gasteiger partial charge on any atom is 0.246 e. The SMILES string of the molecule is CC.CCl.CSC.Cc1ccc(C)c2oc(-c3ccccn3)nc12.Cc1ccc(C)c2oc(-c3ccncc3)nc12.Cc1ccc(C)c2sc(-c3cccs3)nc12.Cc1ccc(C)c2sc(-c3cccs3)nc12.Cc1ccc(C)c2sc(-c3ccsc3)nc12. The highest BCUT2D eigenvalue weighted by Crippen LogP contribution is 2.38. The van der Waals surface area contributed by atoms with E-state index in [0.29, 0.717) is 11.8 Å². The molecule has 0 radical (unpaired) electrons. The van der Waals surface area contributed by atoms with Crippen LogP contribution in [0.25, 0.3) is 106 Å². The minimum absolute atomic E-state index is 0.581. The van der Waals surface area contributed by atoms with Crippen molar-refractivity contribution in [3.63, 3.8) is 0 Å². The van der Waals surface area contributed by atoms with Crippen LogP contribution in [-0.2, 0) is 0 Å². The van der Waals surface area contributed by atoms with Gasteiger partial charge in [-0.1, -0.05) is 92.7 Å². The van der Waals surface area contributed by atoms with E-state index in [1.165, 1.54) is 69.2 Å². The van der Waals surface area contributed by atoms with Crippen LogP contribution in [0.15, 0.2) is 170 Å². The Hall–Kier alpha value is -7.25. The number of nitrogens with zero attached hydrogens (tertiary/aromatic N) is 7. The van der Waals surface area contributed by atoms with E-state index in [0.717, 1.165) is 87.3 Å². The molecule has 0 N–H and O–H groups in total. The van der Waals surface area contributed by atoms with Crippen LogP contribution in [0.3, 0.4) is 0 Å². The minimum Gasteiger partial charge on any atom is -0.436 e. The Morgan fingerprint density at radius 2 is 0.787 bits per heavy atom. The number of fused-ring (bicyclic) bond motifs is 5. The zero-order valence-corrected chi connectivity index (χ0v) is 59.2. The average Bonchev–Trinajstić information content (AvgIpc) is 2.40. The minimum atomic E-state index is 0.581. The monoisotopic (exact) mass is 1330 g/mol. The molecule has 10 aromatic heterocycles. The van der Waals surface area contributed by atoms with Crippen LogP contribution in [0, 0.1) is 69.2 Å². The van der Waals surface area contributed by atoms with Gasteiger partial charge >= 0.3 is 0 Å². The van der Waals surface area contributed by atoms with E-state index < -0.39 is 0 Å². The van der Waals surface area contributed by atoms with Crippen molar-refractivity contribution in [3.8, 4) is 53.4 Å². The molecule has 0 bridgehead atoms. The third-order valence-corrected chi connectivity index (χ3v) is 20.1. The number of rotatable bonds is 5. The molecule has 17 heteroatoms. The standard InChI is InChI=1S/2C14H12N2O.3C13H11NS2.C2H6S.C2H6.CH3Cl/c1-9-3-4-10(2)13-12(9)16-14(17-13)11-5-7-15-8-6-11;1-9-6-7-10(2)13-12(9)16-14(17-13)11-5-3-4-8-15-11;1-8-3-4-9(2)12-11(8)14-13(16-12)10-5-6-15-7-10;2*1-8-5-6-9(2)12-11(8)14-13(16-12)10-4-3-7-15-10;1-3-2;2*1-2/h2*3-8H,1-2H3;3*3-7H,1-2H3;1-2H3;1-2H3;1H3. The zero-order chi connectivity index (χ0) is 63.7. The molecule has 0 saturated heterocycles. The van der Waals surface area contributed by atoms with Crippen LogP contribution < -0.4 is 0 Å². The molecule has 10 heterocycles. The van der Waals surface area contributed by atoms with Crippen molar-refractivity contribution in [2.75, 3.05) is 18.9 Å². The first-order chi connectivity index (χ1) is 43.2. The lowest BCUT2D eigenvalue weighted by atomic mass is 10.1. The molecular formula is C72H72ClN7O2S7. The first-order valence-electron chi connectivity index (χ1n) is 28.7. The van der Waals surface area contributed by atoms with Crippen LogP contribution >= 0.6 is 91.4 Å². The fourth-order valence-electron chi connectivity index (χ4n) is 9.03. The average molecular weight is 1330 g/mol. The smallest absolute Gasteiger partial charge is 0.246 e. The first kappa shape index (κ1) is 67.7. The van der Waals surface area contributed by atoms with Crippen molar-refractivity contribution in [1.29, 1.82) is 0 Å². The second-order valence-corrected chi connectivity index (χ2v) is 26.8. The van der Waals surface area contributed by atoms with Gasteiger partial charge in [0.1, 0.15) is 31.8 Å². The van der Waals surface area contributed by atoms with Gasteiger partial charge in [-0.2, -0.15) is 23.1 Å². The summed E-state index contributed by atoms with van der Waals surface area (Å²) < 4.78 is 15.6. The molecule has 9 nitrogen and oxygen atoms in total. The molecule has 89 heavy (non-hydrogen) atoms. The maximum atomic E-state index is 5.83. The molecular weight excluding hydrogens is 1250 g/mol. The van der Waals surface area contributed by atoms with Gasteiger partial charge in [-0.15, -0.1) is 68.3 Å². The molecule has 0 aliphatic heterocycles. The summed E-state index contributed by atoms with van der Waals surface area (Å²) in [7, 11) is 0. The summed E-state index contributed by atoms with van der Waals surface area (Å²) in [5.74, 6) is 1.23. The number of halogens is 1. The molecule has 0 atom stereocenters. The van der Waals surface area contributed by atoms with Crippen molar-refractivity contribution >= 4 is 144 Å². The molecule has 0 spiro atoms. The number of oxazole rings is 2. The van der Waals surface area contributed by atoms with Crippen molar-refractivity contribution in [1.82, 2.24) is 34.9 Å². The van der Waals surface area contributed by atoms with E-state index in [1.807, 2.05) is 90.5 Å². The Balaban J connectivity index is 0.000000140. The lowest BCUT2D eigenvalue weighted by molar-refractivity contribution is 0.614. The number of thiophene rings is 3. The van der Waals surface area contributed by atoms with Gasteiger partial charge in [0, 0.05) is 41.5 Å². The summed E-state index contributed by atoms with van der Waals surface area (Å²) in [5, 5.41) is 11.9. The number of hydrogen-bond donors (Lipinski definition) is 0. The Labute approximate surface area is 555 Å². The van der Waals surface area contributed by atoms with E-state index in [9.17, 15) is 0 Å². The van der Waals surface area contributed by atoms with E-state index in [-0.39, 0.29) is 0 Å². The summed E-state index contributed by atoms with van der Waals surface area (Å²) in [6.45, 7) is 25.0. The number of aromatic nitrogens is 7. The normalized spacial score (nSPS) is 10.5. The van der Waals surface area contributed by atoms with Crippen molar-refractivity contribution in [2.24, 2.45) is 0 Å². The van der Waals surface area contributed by atoms with Crippen LogP contribution in [0.5, 0.6) is 0 Å². The molecule has 15 aromatic rings. The third-order valence-electron chi connectivity index (χ3n) is 13.8. The molecule has 0 fully saturated rings. The molecule has 0 aliphatic rings. The Bertz CT molecular complexity index is 4070. The van der Waals surface area contributed by atoms with Gasteiger partial charge in [-0.25, -0.2) is 24.9 Å². The second-order valence-electron chi connectivity index (χ2n) is 20.3. The topological polar surface area (TPSA) is 117 Å². The largest absolute Gasteiger partial charge is 0.436 e. The van der Waals surface area contributed by atoms with Gasteiger partial charge in [0.15, 0.2) is 11.2 Å². The van der Waals surface area contributed by atoms with E-state index in [4.69, 9.17) is 23.8 Å². The molecule has 15 rings (SSSR count). The molecule has 456 valence electrons. The Morgan fingerprint density at radius 3 is 1.18 bits per heavy atom. The third kappa shape index (κ3) is 16.4. The van der Waals surface area contributed by atoms with Crippen molar-refractivity contribution in [3.05, 3.63) is 217 Å². The van der Waals surface area contributed by atoms with Gasteiger partial charge in [0.05, 0.1) is 40.4 Å². The number of thioether (sulfide) groups is 1. The summed E-state index contributed by atoms with van der Waals surface area (Å²) in [6.07, 6.45) is 10.8. The fraction of sp³-hybridized carbons (Fsp3) is 0.208. The number of hydrogen-bond acceptors (Lipinski definition) is 16. The quantitative estimate of drug-likeness (QED) is 0.154. The molecule has 0 saturated carbocycles. The van der Waals surface area contributed by atoms with Gasteiger partial charge in [-0.3, -0.25) is 9.97 Å². The van der Waals surface area contributed by atoms with Gasteiger partial charge in [0.2, 0.25) is 11.8 Å². The van der Waals surface area contributed by atoms with Gasteiger partial charge in [0.25, 0.3) is 0 Å². The number of benzene rings is 5. The van der Waals surface area contributed by atoms with Crippen LogP contribution in [0.4, 0.5) is 0 Å². The van der Waals surface area contributed by atoms with Crippen molar-refractivity contribution < 1.29 is 8.83 Å². The summed E-state index contributed by atoms with van der Waals surface area (Å²) in [5.41, 5.74) is 22.2. The summed E-state index contributed by atoms with van der Waals surface area (Å²) in [6, 6.07) is 41.2. The predicted molar refractivity (Wildman–Crippen MR) is 393 cm³/mol. The van der Waals surface area contributed by atoms with Crippen LogP contribution in [-0.4, -0.2) is 53.8 Å². The first-order valence-corrected chi connectivity index (χ1v) is 36.3. The highest BCUT2D eigenvalue weighted by Gasteiger charge is 2.16. The number of pyridine rings is 2. The second kappa shape index (κ2) is 32.5. The lowest BCUT2D eigenvalue weighted by Crippen LogP contribution is -1.81. The predicted octanol–water partition coefficient (Wildman–Crippen LogP) is 23.8. The number of thiazole rings is 3. The Morgan fingerprint density at radius 1 is 0.382 bits per heavy atom. The highest BCUT2D eigenvalue weighted by atomic mass is 35.5. The molecule has 5 aromatic carbocycles.